The second kappa shape index (κ2) is 8.32. The van der Waals surface area contributed by atoms with Gasteiger partial charge in [0, 0.05) is 90.0 Å². The number of thiophene rings is 2. The molecule has 7 aromatic carbocycles. The Morgan fingerprint density at radius 3 is 1.60 bits per heavy atom. The molecule has 3 aromatic heterocycles. The summed E-state index contributed by atoms with van der Waals surface area (Å²) < 4.78 is 5.41. The van der Waals surface area contributed by atoms with Crippen molar-refractivity contribution in [3.8, 4) is 0 Å². The summed E-state index contributed by atoms with van der Waals surface area (Å²) in [5.74, 6) is 0. The van der Waals surface area contributed by atoms with Crippen molar-refractivity contribution in [2.75, 3.05) is 4.90 Å². The molecule has 1 N–H and O–H groups in total. The van der Waals surface area contributed by atoms with E-state index < -0.39 is 0 Å². The molecule has 0 saturated heterocycles. The number of anilines is 3. The molecule has 0 saturated carbocycles. The van der Waals surface area contributed by atoms with E-state index in [0.29, 0.717) is 0 Å². The Hall–Kier alpha value is -4.90. The first kappa shape index (κ1) is 22.8. The smallest absolute Gasteiger partial charge is 0.0478 e. The lowest BCUT2D eigenvalue weighted by Gasteiger charge is -2.25. The number of aromatic amines is 1. The number of rotatable bonds is 3. The summed E-state index contributed by atoms with van der Waals surface area (Å²) in [5.41, 5.74) is 5.91. The number of aromatic nitrogens is 1. The van der Waals surface area contributed by atoms with E-state index in [1.165, 1.54) is 72.9 Å². The van der Waals surface area contributed by atoms with E-state index in [9.17, 15) is 0 Å². The van der Waals surface area contributed by atoms with E-state index in [1.54, 1.807) is 0 Å². The molecule has 0 amide bonds. The minimum Gasteiger partial charge on any atom is -0.354 e. The van der Waals surface area contributed by atoms with Gasteiger partial charge in [-0.2, -0.15) is 0 Å². The van der Waals surface area contributed by atoms with Crippen molar-refractivity contribution in [1.29, 1.82) is 0 Å². The zero-order valence-electron chi connectivity index (χ0n) is 22.4. The molecule has 0 spiro atoms. The third-order valence-corrected chi connectivity index (χ3v) is 11.2. The Bertz CT molecular complexity index is 2580. The third-order valence-electron chi connectivity index (χ3n) is 8.71. The van der Waals surface area contributed by atoms with Crippen LogP contribution in [0.1, 0.15) is 0 Å². The lowest BCUT2D eigenvalue weighted by Crippen LogP contribution is -2.09. The van der Waals surface area contributed by atoms with Crippen LogP contribution in [0, 0.1) is 0 Å². The highest BCUT2D eigenvalue weighted by atomic mass is 32.1. The number of fused-ring (bicyclic) bond motifs is 8. The Morgan fingerprint density at radius 1 is 0.405 bits per heavy atom. The lowest BCUT2D eigenvalue weighted by atomic mass is 9.98. The van der Waals surface area contributed by atoms with Gasteiger partial charge < -0.3 is 9.88 Å². The molecule has 0 aliphatic rings. The van der Waals surface area contributed by atoms with Gasteiger partial charge in [0.1, 0.15) is 0 Å². The fourth-order valence-electron chi connectivity index (χ4n) is 6.91. The zero-order chi connectivity index (χ0) is 27.4. The van der Waals surface area contributed by atoms with Crippen molar-refractivity contribution in [2.24, 2.45) is 0 Å². The van der Waals surface area contributed by atoms with Gasteiger partial charge in [-0.15, -0.1) is 22.7 Å². The van der Waals surface area contributed by atoms with Crippen LogP contribution in [0.4, 0.5) is 17.1 Å². The van der Waals surface area contributed by atoms with Crippen molar-refractivity contribution < 1.29 is 0 Å². The summed E-state index contributed by atoms with van der Waals surface area (Å²) in [6.45, 7) is 0. The van der Waals surface area contributed by atoms with Gasteiger partial charge in [-0.3, -0.25) is 0 Å². The van der Waals surface area contributed by atoms with E-state index in [1.807, 2.05) is 22.7 Å². The van der Waals surface area contributed by atoms with Crippen LogP contribution in [0.25, 0.3) is 72.9 Å². The average molecular weight is 571 g/mol. The fraction of sp³-hybridized carbons (Fsp3) is 0. The van der Waals surface area contributed by atoms with Crippen LogP contribution in [0.2, 0.25) is 0 Å². The first-order chi connectivity index (χ1) is 20.8. The van der Waals surface area contributed by atoms with Crippen LogP contribution in [0.3, 0.4) is 0 Å². The quantitative estimate of drug-likeness (QED) is 0.209. The minimum atomic E-state index is 1.15. The van der Waals surface area contributed by atoms with Crippen molar-refractivity contribution in [3.63, 3.8) is 0 Å². The number of nitrogens with zero attached hydrogens (tertiary/aromatic N) is 1. The molecule has 42 heavy (non-hydrogen) atoms. The summed E-state index contributed by atoms with van der Waals surface area (Å²) in [5, 5.41) is 10.7. The molecule has 0 unspecified atom stereocenters. The van der Waals surface area contributed by atoms with E-state index in [-0.39, 0.29) is 0 Å². The number of hydrogen-bond acceptors (Lipinski definition) is 3. The van der Waals surface area contributed by atoms with Gasteiger partial charge in [-0.05, 0) is 60.7 Å². The maximum Gasteiger partial charge on any atom is 0.0478 e. The van der Waals surface area contributed by atoms with E-state index in [0.717, 1.165) is 17.1 Å². The number of benzene rings is 7. The second-order valence-corrected chi connectivity index (χ2v) is 13.1. The summed E-state index contributed by atoms with van der Waals surface area (Å²) in [4.78, 5) is 6.19. The van der Waals surface area contributed by atoms with Crippen molar-refractivity contribution in [2.45, 2.75) is 0 Å². The maximum atomic E-state index is 3.84. The van der Waals surface area contributed by atoms with Crippen LogP contribution in [0.5, 0.6) is 0 Å². The molecule has 4 heteroatoms. The first-order valence-electron chi connectivity index (χ1n) is 14.2. The molecule has 0 fully saturated rings. The van der Waals surface area contributed by atoms with Crippen LogP contribution in [-0.2, 0) is 0 Å². The molecule has 3 heterocycles. The van der Waals surface area contributed by atoms with Crippen molar-refractivity contribution in [3.05, 3.63) is 127 Å². The molecule has 0 radical (unpaired) electrons. The molecule has 2 nitrogen and oxygen atoms in total. The molecule has 196 valence electrons. The highest BCUT2D eigenvalue weighted by molar-refractivity contribution is 7.27. The summed E-state index contributed by atoms with van der Waals surface area (Å²) in [6.07, 6.45) is 0. The molecule has 0 atom stereocenters. The monoisotopic (exact) mass is 570 g/mol. The zero-order valence-corrected chi connectivity index (χ0v) is 24.0. The lowest BCUT2D eigenvalue weighted by molar-refractivity contribution is 1.29. The van der Waals surface area contributed by atoms with Gasteiger partial charge in [-0.1, -0.05) is 66.7 Å². The maximum absolute atomic E-state index is 3.84. The third kappa shape index (κ3) is 3.03. The molecular weight excluding hydrogens is 549 g/mol. The molecule has 0 aliphatic carbocycles. The van der Waals surface area contributed by atoms with E-state index in [2.05, 4.69) is 137 Å². The van der Waals surface area contributed by atoms with E-state index >= 15 is 0 Å². The SMILES string of the molecule is c1ccc(N(c2ccccc2)c2ccc3sc4c(cc5[nH]c6cc7c8ccccc8sc7c7ccc4c5c67)c3c2)cc1. The van der Waals surface area contributed by atoms with Gasteiger partial charge in [0.25, 0.3) is 0 Å². The largest absolute Gasteiger partial charge is 0.354 e. The Morgan fingerprint density at radius 2 is 0.952 bits per heavy atom. The van der Waals surface area contributed by atoms with Crippen molar-refractivity contribution >= 4 is 113 Å². The fourth-order valence-corrected chi connectivity index (χ4v) is 9.32. The Labute approximate surface area is 249 Å². The Balaban J connectivity index is 1.25. The highest BCUT2D eigenvalue weighted by Crippen LogP contribution is 2.48. The molecule has 0 bridgehead atoms. The predicted octanol–water partition coefficient (Wildman–Crippen LogP) is 12.1. The number of hydrogen-bond donors (Lipinski definition) is 1. The highest BCUT2D eigenvalue weighted by Gasteiger charge is 2.20. The normalized spacial score (nSPS) is 12.3. The van der Waals surface area contributed by atoms with Gasteiger partial charge in [-0.25, -0.2) is 0 Å². The van der Waals surface area contributed by atoms with Gasteiger partial charge in [0.05, 0.1) is 0 Å². The molecular formula is C38H22N2S2. The predicted molar refractivity (Wildman–Crippen MR) is 185 cm³/mol. The minimum absolute atomic E-state index is 1.15. The van der Waals surface area contributed by atoms with Gasteiger partial charge in [0.15, 0.2) is 0 Å². The molecule has 10 rings (SSSR count). The first-order valence-corrected chi connectivity index (χ1v) is 15.8. The second-order valence-electron chi connectivity index (χ2n) is 11.0. The van der Waals surface area contributed by atoms with Gasteiger partial charge in [0.2, 0.25) is 0 Å². The number of nitrogens with one attached hydrogen (secondary N) is 1. The standard InChI is InChI=1S/C38H22N2S2/c1-3-9-22(10-4-1)40(23-11-5-2-6-12-23)24-15-18-34-28(19-24)30-21-32-36-27(38(30)42-34)17-16-26-35(36)31(39-32)20-29-25-13-7-8-14-33(25)41-37(26)29/h1-21,39H. The van der Waals surface area contributed by atoms with Crippen LogP contribution < -0.4 is 4.90 Å². The van der Waals surface area contributed by atoms with Crippen LogP contribution in [-0.4, -0.2) is 4.98 Å². The van der Waals surface area contributed by atoms with Crippen LogP contribution in [0.15, 0.2) is 127 Å². The average Bonchev–Trinajstić information content (AvgIpc) is 3.72. The number of H-pyrrole nitrogens is 1. The van der Waals surface area contributed by atoms with Crippen molar-refractivity contribution in [1.82, 2.24) is 4.98 Å². The topological polar surface area (TPSA) is 19.0 Å². The molecule has 0 aliphatic heterocycles. The van der Waals surface area contributed by atoms with Gasteiger partial charge >= 0.3 is 0 Å². The summed E-state index contributed by atoms with van der Waals surface area (Å²) >= 11 is 3.82. The summed E-state index contributed by atoms with van der Waals surface area (Å²) in [6, 6.07) is 46.5. The van der Waals surface area contributed by atoms with Crippen LogP contribution >= 0.6 is 22.7 Å². The Kier molecular flexibility index (Phi) is 4.51. The molecule has 10 aromatic rings. The summed E-state index contributed by atoms with van der Waals surface area (Å²) in [7, 11) is 0. The number of para-hydroxylation sites is 2. The van der Waals surface area contributed by atoms with E-state index in [4.69, 9.17) is 0 Å².